The number of piperidine rings is 1. The summed E-state index contributed by atoms with van der Waals surface area (Å²) in [6, 6.07) is 0. The minimum absolute atomic E-state index is 0.250. The van der Waals surface area contributed by atoms with E-state index >= 15 is 0 Å². The van der Waals surface area contributed by atoms with Crippen molar-refractivity contribution in [3.63, 3.8) is 0 Å². The van der Waals surface area contributed by atoms with Gasteiger partial charge in [-0.15, -0.1) is 0 Å². The van der Waals surface area contributed by atoms with Crippen molar-refractivity contribution in [3.8, 4) is 0 Å². The Kier molecular flexibility index (Phi) is 3.45. The molecule has 1 N–H and O–H groups in total. The summed E-state index contributed by atoms with van der Waals surface area (Å²) < 4.78 is 5.89. The van der Waals surface area contributed by atoms with E-state index in [9.17, 15) is 0 Å². The van der Waals surface area contributed by atoms with Crippen LogP contribution in [0.2, 0.25) is 0 Å². The number of hydrogen-bond donors (Lipinski definition) is 1. The van der Waals surface area contributed by atoms with Gasteiger partial charge in [-0.05, 0) is 44.7 Å². The van der Waals surface area contributed by atoms with Crippen molar-refractivity contribution >= 4 is 0 Å². The maximum Gasteiger partial charge on any atom is 0.0707 e. The third kappa shape index (κ3) is 1.96. The lowest BCUT2D eigenvalue weighted by atomic mass is 9.72. The summed E-state index contributed by atoms with van der Waals surface area (Å²) >= 11 is 0. The van der Waals surface area contributed by atoms with Crippen LogP contribution < -0.4 is 5.32 Å². The Morgan fingerprint density at radius 1 is 1.07 bits per heavy atom. The van der Waals surface area contributed by atoms with Gasteiger partial charge >= 0.3 is 0 Å². The molecule has 2 fully saturated rings. The first-order valence-electron chi connectivity index (χ1n) is 6.13. The van der Waals surface area contributed by atoms with E-state index in [4.69, 9.17) is 4.74 Å². The van der Waals surface area contributed by atoms with Crippen molar-refractivity contribution in [3.05, 3.63) is 0 Å². The van der Waals surface area contributed by atoms with Gasteiger partial charge in [0.15, 0.2) is 0 Å². The van der Waals surface area contributed by atoms with Gasteiger partial charge in [0, 0.05) is 7.11 Å². The van der Waals surface area contributed by atoms with E-state index in [1.165, 1.54) is 58.0 Å². The van der Waals surface area contributed by atoms with Crippen LogP contribution in [0.3, 0.4) is 0 Å². The van der Waals surface area contributed by atoms with Gasteiger partial charge in [-0.25, -0.2) is 0 Å². The van der Waals surface area contributed by atoms with Crippen molar-refractivity contribution in [2.75, 3.05) is 20.2 Å². The summed E-state index contributed by atoms with van der Waals surface area (Å²) in [4.78, 5) is 0. The van der Waals surface area contributed by atoms with E-state index in [1.54, 1.807) is 0 Å². The van der Waals surface area contributed by atoms with Gasteiger partial charge in [-0.1, -0.05) is 19.3 Å². The largest absolute Gasteiger partial charge is 0.378 e. The predicted molar refractivity (Wildman–Crippen MR) is 58.4 cm³/mol. The second kappa shape index (κ2) is 4.63. The molecule has 0 bridgehead atoms. The number of rotatable bonds is 2. The molecular weight excluding hydrogens is 174 g/mol. The fraction of sp³-hybridized carbons (Fsp3) is 1.00. The molecule has 0 aromatic rings. The van der Waals surface area contributed by atoms with Crippen molar-refractivity contribution < 1.29 is 4.74 Å². The lowest BCUT2D eigenvalue weighted by Gasteiger charge is -2.44. The van der Waals surface area contributed by atoms with Crippen LogP contribution >= 0.6 is 0 Å². The van der Waals surface area contributed by atoms with Crippen LogP contribution in [-0.2, 0) is 4.74 Å². The maximum absolute atomic E-state index is 5.89. The molecular formula is C12H23NO. The molecule has 82 valence electrons. The fourth-order valence-electron chi connectivity index (χ4n) is 3.28. The summed E-state index contributed by atoms with van der Waals surface area (Å²) in [6.45, 7) is 2.38. The molecule has 1 aliphatic heterocycles. The Hall–Kier alpha value is -0.0800. The quantitative estimate of drug-likeness (QED) is 0.733. The summed E-state index contributed by atoms with van der Waals surface area (Å²) in [5.41, 5.74) is 0.250. The molecule has 2 rings (SSSR count). The molecule has 0 unspecified atom stereocenters. The third-order valence-electron chi connectivity index (χ3n) is 4.19. The zero-order valence-corrected chi connectivity index (χ0v) is 9.35. The number of methoxy groups -OCH3 is 1. The Balaban J connectivity index is 2.01. The highest BCUT2D eigenvalue weighted by Gasteiger charge is 2.39. The molecule has 1 saturated heterocycles. The maximum atomic E-state index is 5.89. The standard InChI is InChI=1S/C12H23NO/c1-14-12(7-3-2-4-8-12)11-5-9-13-10-6-11/h11,13H,2-10H2,1H3. The van der Waals surface area contributed by atoms with Gasteiger partial charge in [-0.2, -0.15) is 0 Å². The van der Waals surface area contributed by atoms with E-state index in [0.29, 0.717) is 0 Å². The molecule has 0 radical (unpaired) electrons. The molecule has 2 heteroatoms. The van der Waals surface area contributed by atoms with E-state index in [2.05, 4.69) is 5.32 Å². The van der Waals surface area contributed by atoms with Crippen LogP contribution in [0.15, 0.2) is 0 Å². The van der Waals surface area contributed by atoms with Gasteiger partial charge < -0.3 is 10.1 Å². The normalized spacial score (nSPS) is 28.9. The minimum atomic E-state index is 0.250. The SMILES string of the molecule is COC1(C2CCNCC2)CCCCC1. The smallest absolute Gasteiger partial charge is 0.0707 e. The van der Waals surface area contributed by atoms with Crippen LogP contribution in [0.1, 0.15) is 44.9 Å². The van der Waals surface area contributed by atoms with Crippen LogP contribution in [-0.4, -0.2) is 25.8 Å². The Morgan fingerprint density at radius 3 is 2.29 bits per heavy atom. The highest BCUT2D eigenvalue weighted by molar-refractivity contribution is 4.92. The minimum Gasteiger partial charge on any atom is -0.378 e. The van der Waals surface area contributed by atoms with E-state index < -0.39 is 0 Å². The molecule has 0 atom stereocenters. The molecule has 0 aromatic carbocycles. The summed E-state index contributed by atoms with van der Waals surface area (Å²) in [5.74, 6) is 0.814. The fourth-order valence-corrected chi connectivity index (χ4v) is 3.28. The zero-order valence-electron chi connectivity index (χ0n) is 9.35. The molecule has 2 nitrogen and oxygen atoms in total. The molecule has 14 heavy (non-hydrogen) atoms. The molecule has 0 aromatic heterocycles. The van der Waals surface area contributed by atoms with Crippen LogP contribution in [0.4, 0.5) is 0 Å². The first-order chi connectivity index (χ1) is 6.87. The van der Waals surface area contributed by atoms with Crippen molar-refractivity contribution in [1.29, 1.82) is 0 Å². The third-order valence-corrected chi connectivity index (χ3v) is 4.19. The average molecular weight is 197 g/mol. The van der Waals surface area contributed by atoms with Crippen LogP contribution in [0.5, 0.6) is 0 Å². The zero-order chi connectivity index (χ0) is 9.86. The van der Waals surface area contributed by atoms with Crippen molar-refractivity contribution in [2.45, 2.75) is 50.5 Å². The number of hydrogen-bond acceptors (Lipinski definition) is 2. The molecule has 2 aliphatic rings. The molecule has 1 saturated carbocycles. The van der Waals surface area contributed by atoms with Gasteiger partial charge in [-0.3, -0.25) is 0 Å². The van der Waals surface area contributed by atoms with Gasteiger partial charge in [0.1, 0.15) is 0 Å². The van der Waals surface area contributed by atoms with Crippen LogP contribution in [0, 0.1) is 5.92 Å². The molecule has 0 amide bonds. The Morgan fingerprint density at radius 2 is 1.71 bits per heavy atom. The van der Waals surface area contributed by atoms with Crippen molar-refractivity contribution in [1.82, 2.24) is 5.32 Å². The molecule has 0 spiro atoms. The topological polar surface area (TPSA) is 21.3 Å². The number of ether oxygens (including phenoxy) is 1. The highest BCUT2D eigenvalue weighted by atomic mass is 16.5. The summed E-state index contributed by atoms with van der Waals surface area (Å²) in [7, 11) is 1.92. The Bertz CT molecular complexity index is 169. The molecule has 1 heterocycles. The predicted octanol–water partition coefficient (Wildman–Crippen LogP) is 2.34. The van der Waals surface area contributed by atoms with E-state index in [-0.39, 0.29) is 5.60 Å². The first kappa shape index (κ1) is 10.4. The summed E-state index contributed by atoms with van der Waals surface area (Å²) in [6.07, 6.45) is 9.38. The van der Waals surface area contributed by atoms with Gasteiger partial charge in [0.25, 0.3) is 0 Å². The summed E-state index contributed by atoms with van der Waals surface area (Å²) in [5, 5.41) is 3.44. The molecule has 1 aliphatic carbocycles. The average Bonchev–Trinajstić information content (AvgIpc) is 2.31. The van der Waals surface area contributed by atoms with E-state index in [0.717, 1.165) is 5.92 Å². The van der Waals surface area contributed by atoms with Gasteiger partial charge in [0.05, 0.1) is 5.60 Å². The second-order valence-corrected chi connectivity index (χ2v) is 4.85. The highest BCUT2D eigenvalue weighted by Crippen LogP contribution is 2.40. The number of nitrogens with one attached hydrogen (secondary N) is 1. The van der Waals surface area contributed by atoms with Crippen molar-refractivity contribution in [2.24, 2.45) is 5.92 Å². The first-order valence-corrected chi connectivity index (χ1v) is 6.13. The van der Waals surface area contributed by atoms with Crippen LogP contribution in [0.25, 0.3) is 0 Å². The lowest BCUT2D eigenvalue weighted by Crippen LogP contribution is -2.46. The Labute approximate surface area is 87.4 Å². The second-order valence-electron chi connectivity index (χ2n) is 4.85. The lowest BCUT2D eigenvalue weighted by molar-refractivity contribution is -0.0918. The van der Waals surface area contributed by atoms with E-state index in [1.807, 2.05) is 7.11 Å². The van der Waals surface area contributed by atoms with Gasteiger partial charge in [0.2, 0.25) is 0 Å². The monoisotopic (exact) mass is 197 g/mol.